The molecule has 0 amide bonds. The zero-order valence-electron chi connectivity index (χ0n) is 11.0. The van der Waals surface area contributed by atoms with Crippen molar-refractivity contribution in [3.05, 3.63) is 29.8 Å². The van der Waals surface area contributed by atoms with Crippen molar-refractivity contribution in [2.45, 2.75) is 39.2 Å². The molecule has 1 atom stereocenters. The van der Waals surface area contributed by atoms with Gasteiger partial charge in [0.05, 0.1) is 0 Å². The molecule has 0 bridgehead atoms. The SMILES string of the molecule is CCc1ccc(N(C)C(C)(CC)C(=O)O)cc1. The van der Waals surface area contributed by atoms with Crippen LogP contribution in [0.15, 0.2) is 24.3 Å². The number of hydrogen-bond acceptors (Lipinski definition) is 2. The van der Waals surface area contributed by atoms with Gasteiger partial charge in [-0.1, -0.05) is 26.0 Å². The van der Waals surface area contributed by atoms with Gasteiger partial charge in [-0.25, -0.2) is 4.79 Å². The van der Waals surface area contributed by atoms with E-state index in [2.05, 4.69) is 6.92 Å². The molecule has 1 aromatic rings. The zero-order valence-corrected chi connectivity index (χ0v) is 11.0. The summed E-state index contributed by atoms with van der Waals surface area (Å²) in [5.74, 6) is -0.790. The molecule has 3 heteroatoms. The third-order valence-corrected chi connectivity index (χ3v) is 3.62. The van der Waals surface area contributed by atoms with E-state index in [4.69, 9.17) is 0 Å². The largest absolute Gasteiger partial charge is 0.480 e. The van der Waals surface area contributed by atoms with E-state index in [-0.39, 0.29) is 0 Å². The van der Waals surface area contributed by atoms with Gasteiger partial charge in [0.25, 0.3) is 0 Å². The number of carbonyl (C=O) groups is 1. The maximum Gasteiger partial charge on any atom is 0.329 e. The summed E-state index contributed by atoms with van der Waals surface area (Å²) >= 11 is 0. The molecule has 0 aromatic heterocycles. The minimum absolute atomic E-state index is 0.564. The molecule has 1 aromatic carbocycles. The molecule has 0 fully saturated rings. The highest BCUT2D eigenvalue weighted by molar-refractivity contribution is 5.82. The standard InChI is InChI=1S/C14H21NO2/c1-5-11-7-9-12(10-8-11)15(4)14(3,6-2)13(16)17/h7-10H,5-6H2,1-4H3,(H,16,17). The lowest BCUT2D eigenvalue weighted by Gasteiger charge is -2.36. The number of carboxylic acids is 1. The molecule has 0 radical (unpaired) electrons. The molecule has 17 heavy (non-hydrogen) atoms. The maximum absolute atomic E-state index is 11.3. The van der Waals surface area contributed by atoms with Gasteiger partial charge < -0.3 is 10.0 Å². The fraction of sp³-hybridized carbons (Fsp3) is 0.500. The molecule has 3 nitrogen and oxygen atoms in total. The van der Waals surface area contributed by atoms with Gasteiger partial charge in [-0.2, -0.15) is 0 Å². The Morgan fingerprint density at radius 3 is 2.18 bits per heavy atom. The summed E-state index contributed by atoms with van der Waals surface area (Å²) in [5, 5.41) is 9.32. The molecule has 0 aliphatic heterocycles. The molecule has 0 spiro atoms. The Balaban J connectivity index is 3.01. The van der Waals surface area contributed by atoms with Crippen molar-refractivity contribution in [3.63, 3.8) is 0 Å². The molecule has 1 rings (SSSR count). The summed E-state index contributed by atoms with van der Waals surface area (Å²) < 4.78 is 0. The molecule has 0 saturated heterocycles. The average molecular weight is 235 g/mol. The molecule has 0 saturated carbocycles. The van der Waals surface area contributed by atoms with E-state index >= 15 is 0 Å². The van der Waals surface area contributed by atoms with Crippen molar-refractivity contribution >= 4 is 11.7 Å². The van der Waals surface area contributed by atoms with E-state index in [9.17, 15) is 9.90 Å². The molecule has 0 aliphatic rings. The fourth-order valence-corrected chi connectivity index (χ4v) is 1.77. The summed E-state index contributed by atoms with van der Waals surface area (Å²) in [7, 11) is 1.83. The Bertz CT molecular complexity index is 386. The second kappa shape index (κ2) is 5.21. The van der Waals surface area contributed by atoms with Crippen molar-refractivity contribution in [1.29, 1.82) is 0 Å². The number of aryl methyl sites for hydroxylation is 1. The maximum atomic E-state index is 11.3. The molecule has 1 N–H and O–H groups in total. The summed E-state index contributed by atoms with van der Waals surface area (Å²) in [6.45, 7) is 5.75. The van der Waals surface area contributed by atoms with Crippen LogP contribution in [0.4, 0.5) is 5.69 Å². The number of carboxylic acid groups (broad SMARTS) is 1. The third kappa shape index (κ3) is 2.60. The van der Waals surface area contributed by atoms with Gasteiger partial charge in [-0.05, 0) is 37.5 Å². The predicted molar refractivity (Wildman–Crippen MR) is 70.6 cm³/mol. The second-order valence-corrected chi connectivity index (χ2v) is 4.51. The number of benzene rings is 1. The number of hydrogen-bond donors (Lipinski definition) is 1. The fourth-order valence-electron chi connectivity index (χ4n) is 1.77. The third-order valence-electron chi connectivity index (χ3n) is 3.62. The van der Waals surface area contributed by atoms with Crippen molar-refractivity contribution in [1.82, 2.24) is 0 Å². The lowest BCUT2D eigenvalue weighted by atomic mass is 9.96. The van der Waals surface area contributed by atoms with Gasteiger partial charge in [-0.3, -0.25) is 0 Å². The first-order valence-corrected chi connectivity index (χ1v) is 6.01. The molecule has 0 heterocycles. The highest BCUT2D eigenvalue weighted by Gasteiger charge is 2.35. The first kappa shape index (κ1) is 13.6. The minimum Gasteiger partial charge on any atom is -0.480 e. The van der Waals surface area contributed by atoms with E-state index in [1.54, 1.807) is 6.92 Å². The van der Waals surface area contributed by atoms with Crippen LogP contribution in [0.25, 0.3) is 0 Å². The summed E-state index contributed by atoms with van der Waals surface area (Å²) in [5.41, 5.74) is 1.35. The highest BCUT2D eigenvalue weighted by atomic mass is 16.4. The van der Waals surface area contributed by atoms with E-state index in [0.29, 0.717) is 6.42 Å². The predicted octanol–water partition coefficient (Wildman–Crippen LogP) is 2.94. The summed E-state index contributed by atoms with van der Waals surface area (Å²) in [4.78, 5) is 13.2. The Morgan fingerprint density at radius 1 is 1.29 bits per heavy atom. The average Bonchev–Trinajstić information content (AvgIpc) is 2.36. The Hall–Kier alpha value is -1.51. The van der Waals surface area contributed by atoms with Gasteiger partial charge in [0.2, 0.25) is 0 Å². The van der Waals surface area contributed by atoms with E-state index in [0.717, 1.165) is 12.1 Å². The molecular weight excluding hydrogens is 214 g/mol. The van der Waals surface area contributed by atoms with Crippen molar-refractivity contribution in [2.75, 3.05) is 11.9 Å². The van der Waals surface area contributed by atoms with E-state index in [1.165, 1.54) is 5.56 Å². The van der Waals surface area contributed by atoms with Crippen molar-refractivity contribution in [2.24, 2.45) is 0 Å². The molecule has 94 valence electrons. The Labute approximate surface area is 103 Å². The quantitative estimate of drug-likeness (QED) is 0.853. The topological polar surface area (TPSA) is 40.5 Å². The first-order valence-electron chi connectivity index (χ1n) is 6.01. The van der Waals surface area contributed by atoms with Crippen LogP contribution in [0.3, 0.4) is 0 Å². The van der Waals surface area contributed by atoms with Gasteiger partial charge >= 0.3 is 5.97 Å². The van der Waals surface area contributed by atoms with Crippen LogP contribution in [0.2, 0.25) is 0 Å². The Morgan fingerprint density at radius 2 is 1.82 bits per heavy atom. The Kier molecular flexibility index (Phi) is 4.16. The normalized spacial score (nSPS) is 14.1. The van der Waals surface area contributed by atoms with E-state index < -0.39 is 11.5 Å². The summed E-state index contributed by atoms with van der Waals surface area (Å²) in [6, 6.07) is 8.05. The van der Waals surface area contributed by atoms with Crippen molar-refractivity contribution < 1.29 is 9.90 Å². The minimum atomic E-state index is -0.853. The van der Waals surface area contributed by atoms with Crippen LogP contribution >= 0.6 is 0 Å². The monoisotopic (exact) mass is 235 g/mol. The molecular formula is C14H21NO2. The first-order chi connectivity index (χ1) is 7.95. The smallest absolute Gasteiger partial charge is 0.329 e. The molecule has 1 unspecified atom stereocenters. The molecule has 0 aliphatic carbocycles. The highest BCUT2D eigenvalue weighted by Crippen LogP contribution is 2.25. The number of likely N-dealkylation sites (N-methyl/N-ethyl adjacent to an activating group) is 1. The van der Waals surface area contributed by atoms with Crippen LogP contribution in [-0.2, 0) is 11.2 Å². The van der Waals surface area contributed by atoms with Crippen LogP contribution in [0, 0.1) is 0 Å². The summed E-state index contributed by atoms with van der Waals surface area (Å²) in [6.07, 6.45) is 1.56. The number of aliphatic carboxylic acids is 1. The van der Waals surface area contributed by atoms with Crippen molar-refractivity contribution in [3.8, 4) is 0 Å². The van der Waals surface area contributed by atoms with Crippen LogP contribution in [-0.4, -0.2) is 23.7 Å². The number of nitrogens with zero attached hydrogens (tertiary/aromatic N) is 1. The zero-order chi connectivity index (χ0) is 13.1. The lowest BCUT2D eigenvalue weighted by molar-refractivity contribution is -0.142. The second-order valence-electron chi connectivity index (χ2n) is 4.51. The van der Waals surface area contributed by atoms with Crippen LogP contribution in [0.1, 0.15) is 32.8 Å². The van der Waals surface area contributed by atoms with Gasteiger partial charge in [0.15, 0.2) is 0 Å². The van der Waals surface area contributed by atoms with Gasteiger partial charge in [0.1, 0.15) is 5.54 Å². The van der Waals surface area contributed by atoms with Gasteiger partial charge in [-0.15, -0.1) is 0 Å². The number of rotatable bonds is 5. The van der Waals surface area contributed by atoms with Crippen LogP contribution in [0.5, 0.6) is 0 Å². The van der Waals surface area contributed by atoms with E-state index in [1.807, 2.05) is 43.1 Å². The van der Waals surface area contributed by atoms with Gasteiger partial charge in [0, 0.05) is 12.7 Å². The number of anilines is 1. The lowest BCUT2D eigenvalue weighted by Crippen LogP contribution is -2.50. The van der Waals surface area contributed by atoms with Crippen LogP contribution < -0.4 is 4.90 Å².